The molecule has 1 aliphatic rings. The molecule has 2 aromatic carbocycles. The lowest BCUT2D eigenvalue weighted by atomic mass is 10.1. The highest BCUT2D eigenvalue weighted by Gasteiger charge is 2.28. The van der Waals surface area contributed by atoms with Crippen LogP contribution in [0.4, 0.5) is 5.69 Å². The van der Waals surface area contributed by atoms with Gasteiger partial charge >= 0.3 is 0 Å². The molecule has 2 aromatic heterocycles. The second kappa shape index (κ2) is 10.8. The molecule has 186 valence electrons. The van der Waals surface area contributed by atoms with Crippen LogP contribution in [0.2, 0.25) is 5.02 Å². The summed E-state index contributed by atoms with van der Waals surface area (Å²) in [4.78, 5) is 33.2. The standard InChI is InChI=1S/C26H26ClN5O3S/c27-19-1-4-21(5-2-19)32-8-7-18-13-20(3-6-24(18)32)29-25(34)14-22(15-33)30-9-11-31(12-10-30)26(35)23-16-36-17-28-23/h1-8,13,16-17,22,33H,9-12,14-15H2,(H,29,34)/t22-/m1/s1. The fraction of sp³-hybridized carbons (Fsp3) is 0.269. The minimum Gasteiger partial charge on any atom is -0.395 e. The van der Waals surface area contributed by atoms with Crippen molar-refractivity contribution in [1.29, 1.82) is 0 Å². The summed E-state index contributed by atoms with van der Waals surface area (Å²) in [6, 6.07) is 15.1. The number of aliphatic hydroxyl groups excluding tert-OH is 1. The van der Waals surface area contributed by atoms with Crippen molar-refractivity contribution in [2.45, 2.75) is 12.5 Å². The predicted octanol–water partition coefficient (Wildman–Crippen LogP) is 3.89. The van der Waals surface area contributed by atoms with Crippen LogP contribution in [0.1, 0.15) is 16.9 Å². The van der Waals surface area contributed by atoms with Crippen LogP contribution in [0.25, 0.3) is 16.6 Å². The highest BCUT2D eigenvalue weighted by molar-refractivity contribution is 7.07. The van der Waals surface area contributed by atoms with Crippen LogP contribution in [0.15, 0.2) is 65.6 Å². The van der Waals surface area contributed by atoms with Crippen molar-refractivity contribution in [3.05, 3.63) is 76.3 Å². The van der Waals surface area contributed by atoms with Gasteiger partial charge in [-0.15, -0.1) is 11.3 Å². The Kier molecular flexibility index (Phi) is 7.33. The van der Waals surface area contributed by atoms with Gasteiger partial charge in [-0.1, -0.05) is 11.6 Å². The summed E-state index contributed by atoms with van der Waals surface area (Å²) >= 11 is 7.41. The van der Waals surface area contributed by atoms with E-state index in [1.165, 1.54) is 11.3 Å². The summed E-state index contributed by atoms with van der Waals surface area (Å²) in [5.41, 5.74) is 4.85. The Bertz CT molecular complexity index is 1350. The van der Waals surface area contributed by atoms with Crippen LogP contribution >= 0.6 is 22.9 Å². The van der Waals surface area contributed by atoms with E-state index >= 15 is 0 Å². The number of fused-ring (bicyclic) bond motifs is 1. The summed E-state index contributed by atoms with van der Waals surface area (Å²) in [5, 5.41) is 16.4. The van der Waals surface area contributed by atoms with Gasteiger partial charge in [-0.05, 0) is 48.5 Å². The van der Waals surface area contributed by atoms with Crippen molar-refractivity contribution in [2.75, 3.05) is 38.1 Å². The fourth-order valence-electron chi connectivity index (χ4n) is 4.55. The third kappa shape index (κ3) is 5.29. The molecule has 1 fully saturated rings. The number of hydrogen-bond donors (Lipinski definition) is 2. The van der Waals surface area contributed by atoms with Crippen LogP contribution < -0.4 is 5.32 Å². The lowest BCUT2D eigenvalue weighted by Crippen LogP contribution is -2.53. The number of anilines is 1. The second-order valence-electron chi connectivity index (χ2n) is 8.73. The Balaban J connectivity index is 1.18. The van der Waals surface area contributed by atoms with Crippen molar-refractivity contribution < 1.29 is 14.7 Å². The van der Waals surface area contributed by atoms with Gasteiger partial charge in [0.2, 0.25) is 5.91 Å². The monoisotopic (exact) mass is 523 g/mol. The smallest absolute Gasteiger partial charge is 0.273 e. The van der Waals surface area contributed by atoms with Gasteiger partial charge in [0.1, 0.15) is 5.69 Å². The van der Waals surface area contributed by atoms with E-state index in [0.717, 1.165) is 16.6 Å². The summed E-state index contributed by atoms with van der Waals surface area (Å²) in [6.45, 7) is 2.14. The zero-order valence-corrected chi connectivity index (χ0v) is 21.1. The fourth-order valence-corrected chi connectivity index (χ4v) is 5.20. The van der Waals surface area contributed by atoms with Crippen molar-refractivity contribution in [3.63, 3.8) is 0 Å². The maximum Gasteiger partial charge on any atom is 0.273 e. The molecular weight excluding hydrogens is 498 g/mol. The average molecular weight is 524 g/mol. The summed E-state index contributed by atoms with van der Waals surface area (Å²) in [6.07, 6.45) is 2.15. The maximum absolute atomic E-state index is 12.8. The maximum atomic E-state index is 12.8. The number of nitrogens with one attached hydrogen (secondary N) is 1. The topological polar surface area (TPSA) is 90.7 Å². The minimum atomic E-state index is -0.309. The zero-order chi connectivity index (χ0) is 25.1. The molecule has 0 unspecified atom stereocenters. The molecule has 0 aliphatic carbocycles. The first-order valence-corrected chi connectivity index (χ1v) is 13.0. The van der Waals surface area contributed by atoms with E-state index in [-0.39, 0.29) is 30.9 Å². The van der Waals surface area contributed by atoms with Crippen molar-refractivity contribution in [3.8, 4) is 5.69 Å². The number of hydrogen-bond acceptors (Lipinski definition) is 6. The first-order valence-electron chi connectivity index (χ1n) is 11.7. The minimum absolute atomic E-state index is 0.0746. The molecule has 2 N–H and O–H groups in total. The molecule has 5 rings (SSSR count). The van der Waals surface area contributed by atoms with Gasteiger partial charge in [0.25, 0.3) is 5.91 Å². The van der Waals surface area contributed by atoms with Crippen LogP contribution in [0.3, 0.4) is 0 Å². The van der Waals surface area contributed by atoms with Gasteiger partial charge in [0.15, 0.2) is 0 Å². The summed E-state index contributed by atoms with van der Waals surface area (Å²) in [5.74, 6) is -0.235. The molecule has 10 heteroatoms. The van der Waals surface area contributed by atoms with Gasteiger partial charge in [-0.3, -0.25) is 14.5 Å². The lowest BCUT2D eigenvalue weighted by molar-refractivity contribution is -0.118. The number of aliphatic hydroxyl groups is 1. The quantitative estimate of drug-likeness (QED) is 0.383. The molecule has 3 heterocycles. The number of aromatic nitrogens is 2. The highest BCUT2D eigenvalue weighted by Crippen LogP contribution is 2.25. The number of halogens is 1. The number of nitrogens with zero attached hydrogens (tertiary/aromatic N) is 4. The highest BCUT2D eigenvalue weighted by atomic mass is 35.5. The van der Waals surface area contributed by atoms with Gasteiger partial charge in [0, 0.05) is 72.0 Å². The molecule has 0 radical (unpaired) electrons. The Hall–Kier alpha value is -3.24. The van der Waals surface area contributed by atoms with E-state index in [4.69, 9.17) is 11.6 Å². The van der Waals surface area contributed by atoms with Gasteiger partial charge in [-0.2, -0.15) is 0 Å². The summed E-state index contributed by atoms with van der Waals surface area (Å²) in [7, 11) is 0. The number of amides is 2. The lowest BCUT2D eigenvalue weighted by Gasteiger charge is -2.38. The van der Waals surface area contributed by atoms with Gasteiger partial charge in [-0.25, -0.2) is 4.98 Å². The van der Waals surface area contributed by atoms with E-state index < -0.39 is 0 Å². The average Bonchev–Trinajstić information content (AvgIpc) is 3.58. The van der Waals surface area contributed by atoms with Gasteiger partial charge < -0.3 is 19.9 Å². The Morgan fingerprint density at radius 2 is 1.86 bits per heavy atom. The van der Waals surface area contributed by atoms with Crippen molar-refractivity contribution in [1.82, 2.24) is 19.4 Å². The van der Waals surface area contributed by atoms with E-state index in [9.17, 15) is 14.7 Å². The third-order valence-corrected chi connectivity index (χ3v) is 7.32. The Morgan fingerprint density at radius 3 is 2.56 bits per heavy atom. The van der Waals surface area contributed by atoms with E-state index in [1.54, 1.807) is 15.8 Å². The Labute approximate surface area is 217 Å². The molecule has 0 bridgehead atoms. The molecule has 8 nitrogen and oxygen atoms in total. The number of piperazine rings is 1. The number of carbonyl (C=O) groups is 2. The van der Waals surface area contributed by atoms with Crippen LogP contribution in [0.5, 0.6) is 0 Å². The van der Waals surface area contributed by atoms with Crippen molar-refractivity contribution in [2.24, 2.45) is 0 Å². The molecule has 1 aliphatic heterocycles. The molecule has 1 saturated heterocycles. The van der Waals surface area contributed by atoms with Crippen molar-refractivity contribution >= 4 is 51.3 Å². The van der Waals surface area contributed by atoms with E-state index in [1.807, 2.05) is 54.7 Å². The first-order chi connectivity index (χ1) is 17.5. The van der Waals surface area contributed by atoms with Crippen LogP contribution in [-0.4, -0.2) is 75.1 Å². The SMILES string of the molecule is O=C(C[C@H](CO)N1CCN(C(=O)c2cscn2)CC1)Nc1ccc2c(ccn2-c2ccc(Cl)cc2)c1. The molecule has 1 atom stereocenters. The molecule has 0 spiro atoms. The number of carbonyl (C=O) groups excluding carboxylic acids is 2. The first kappa shape index (κ1) is 24.5. The largest absolute Gasteiger partial charge is 0.395 e. The third-order valence-electron chi connectivity index (χ3n) is 6.48. The number of thiazole rings is 1. The molecule has 2 amide bonds. The van der Waals surface area contributed by atoms with E-state index in [2.05, 4.69) is 19.8 Å². The summed E-state index contributed by atoms with van der Waals surface area (Å²) < 4.78 is 2.07. The molecule has 36 heavy (non-hydrogen) atoms. The predicted molar refractivity (Wildman–Crippen MR) is 142 cm³/mol. The molecule has 0 saturated carbocycles. The zero-order valence-electron chi connectivity index (χ0n) is 19.5. The Morgan fingerprint density at radius 1 is 1.08 bits per heavy atom. The van der Waals surface area contributed by atoms with E-state index in [0.29, 0.717) is 42.6 Å². The number of rotatable bonds is 7. The second-order valence-corrected chi connectivity index (χ2v) is 9.88. The number of benzene rings is 2. The van der Waals surface area contributed by atoms with Crippen LogP contribution in [-0.2, 0) is 4.79 Å². The van der Waals surface area contributed by atoms with Gasteiger partial charge in [0.05, 0.1) is 17.6 Å². The molecular formula is C26H26ClN5O3S. The molecule has 4 aromatic rings. The normalized spacial score (nSPS) is 15.2. The van der Waals surface area contributed by atoms with Crippen LogP contribution in [0, 0.1) is 0 Å².